The Morgan fingerprint density at radius 3 is 2.70 bits per heavy atom. The molecule has 1 aromatic heterocycles. The predicted molar refractivity (Wildman–Crippen MR) is 95.2 cm³/mol. The lowest BCUT2D eigenvalue weighted by Crippen LogP contribution is -2.14. The highest BCUT2D eigenvalue weighted by atomic mass is 32.2. The van der Waals surface area contributed by atoms with Crippen molar-refractivity contribution in [1.82, 2.24) is 14.6 Å². The van der Waals surface area contributed by atoms with Gasteiger partial charge in [0.15, 0.2) is 0 Å². The number of benzene rings is 1. The van der Waals surface area contributed by atoms with Gasteiger partial charge < -0.3 is 9.88 Å². The topological polar surface area (TPSA) is 31.1 Å². The molecule has 2 N–H and O–H groups in total. The molecule has 0 aliphatic rings. The largest absolute Gasteiger partial charge is 0.361 e. The molecule has 0 spiro atoms. The Morgan fingerprint density at radius 1 is 1.30 bits per heavy atom. The maximum Gasteiger partial charge on any atom is 0.0457 e. The summed E-state index contributed by atoms with van der Waals surface area (Å²) in [6, 6.07) is 6.59. The van der Waals surface area contributed by atoms with Gasteiger partial charge in [0, 0.05) is 30.2 Å². The van der Waals surface area contributed by atoms with Gasteiger partial charge in [-0.3, -0.25) is 4.72 Å². The van der Waals surface area contributed by atoms with Crippen molar-refractivity contribution < 1.29 is 0 Å². The van der Waals surface area contributed by atoms with Crippen LogP contribution < -0.4 is 4.72 Å². The van der Waals surface area contributed by atoms with Crippen LogP contribution in [0.15, 0.2) is 24.4 Å². The van der Waals surface area contributed by atoms with Crippen molar-refractivity contribution in [3.05, 3.63) is 35.5 Å². The van der Waals surface area contributed by atoms with Crippen LogP contribution >= 0.6 is 9.39 Å². The van der Waals surface area contributed by atoms with Gasteiger partial charge in [-0.15, -0.1) is 0 Å². The Balaban J connectivity index is 2.20. The van der Waals surface area contributed by atoms with Gasteiger partial charge in [-0.05, 0) is 50.0 Å². The van der Waals surface area contributed by atoms with Crippen LogP contribution in [0.3, 0.4) is 0 Å². The molecule has 0 aliphatic carbocycles. The molecule has 0 aliphatic heterocycles. The number of hydrogen-bond acceptors (Lipinski definition) is 2. The van der Waals surface area contributed by atoms with E-state index in [1.165, 1.54) is 22.0 Å². The van der Waals surface area contributed by atoms with Crippen LogP contribution in [-0.2, 0) is 13.0 Å². The van der Waals surface area contributed by atoms with E-state index in [-0.39, 0.29) is 0 Å². The van der Waals surface area contributed by atoms with Crippen molar-refractivity contribution in [2.45, 2.75) is 13.0 Å². The highest BCUT2D eigenvalue weighted by Crippen LogP contribution is 2.21. The van der Waals surface area contributed by atoms with E-state index >= 15 is 0 Å². The van der Waals surface area contributed by atoms with Gasteiger partial charge in [0.05, 0.1) is 0 Å². The smallest absolute Gasteiger partial charge is 0.0457 e. The van der Waals surface area contributed by atoms with Crippen molar-refractivity contribution in [1.29, 1.82) is 0 Å². The monoisotopic (exact) mass is 291 g/mol. The maximum absolute atomic E-state index is 4.05. The van der Waals surface area contributed by atoms with Crippen molar-refractivity contribution in [3.8, 4) is 0 Å². The zero-order valence-corrected chi connectivity index (χ0v) is 13.5. The van der Waals surface area contributed by atoms with E-state index in [1.54, 1.807) is 0 Å². The summed E-state index contributed by atoms with van der Waals surface area (Å²) in [6.07, 6.45) is 5.26. The molecule has 0 radical (unpaired) electrons. The summed E-state index contributed by atoms with van der Waals surface area (Å²) in [7, 11) is 3.06. The Hall–Kier alpha value is -1.23. The second kappa shape index (κ2) is 6.04. The van der Waals surface area contributed by atoms with E-state index in [9.17, 15) is 0 Å². The molecule has 110 valence electrons. The molecule has 4 heteroatoms. The van der Waals surface area contributed by atoms with Crippen LogP contribution in [-0.4, -0.2) is 48.5 Å². The molecule has 20 heavy (non-hydrogen) atoms. The summed E-state index contributed by atoms with van der Waals surface area (Å²) in [6.45, 7) is 1.89. The van der Waals surface area contributed by atoms with Crippen molar-refractivity contribution >= 4 is 32.0 Å². The molecule has 0 unspecified atom stereocenters. The molecule has 0 atom stereocenters. The molecule has 1 heterocycles. The Labute approximate surface area is 122 Å². The predicted octanol–water partition coefficient (Wildman–Crippen LogP) is 2.58. The van der Waals surface area contributed by atoms with Crippen molar-refractivity contribution in [2.75, 3.05) is 26.9 Å². The summed E-state index contributed by atoms with van der Waals surface area (Å²) in [5.41, 5.74) is 3.88. The average molecular weight is 291 g/mol. The minimum absolute atomic E-state index is 0.826. The molecule has 2 rings (SSSR count). The lowest BCUT2D eigenvalue weighted by Gasteiger charge is -2.11. The third kappa shape index (κ3) is 4.13. The summed E-state index contributed by atoms with van der Waals surface area (Å²) < 4.78 is 3.41. The number of hydrogen-bond donors (Lipinski definition) is 2. The highest BCUT2D eigenvalue weighted by Gasteiger charge is 2.05. The molecule has 3 nitrogen and oxygen atoms in total. The molecule has 0 saturated heterocycles. The Morgan fingerprint density at radius 2 is 2.05 bits per heavy atom. The quantitative estimate of drug-likeness (QED) is 0.802. The average Bonchev–Trinajstić information content (AvgIpc) is 2.75. The van der Waals surface area contributed by atoms with E-state index in [0.717, 1.165) is 19.5 Å². The second-order valence-electron chi connectivity index (χ2n) is 5.84. The molecule has 0 bridgehead atoms. The summed E-state index contributed by atoms with van der Waals surface area (Å²) >= 11 is 0. The first-order valence-corrected chi connectivity index (χ1v) is 9.16. The van der Waals surface area contributed by atoms with Crippen LogP contribution in [0.5, 0.6) is 0 Å². The zero-order chi connectivity index (χ0) is 14.8. The standard InChI is InChI=1S/C16H25N3S/c1-19(2)9-8-14-12-17-16-7-6-13(10-15(14)16)11-18-20(3,4)5/h6-7,10,12,17-18H,3-4,8-9,11H2,1-2,5H3. The van der Waals surface area contributed by atoms with Crippen LogP contribution in [0.1, 0.15) is 11.1 Å². The van der Waals surface area contributed by atoms with E-state index in [2.05, 4.69) is 71.1 Å². The Bertz CT molecular complexity index is 681. The SMILES string of the molecule is C=S(=C)(C)NCc1ccc2[nH]cc(CCN(C)C)c2c1. The second-order valence-corrected chi connectivity index (χ2v) is 8.68. The number of nitrogens with one attached hydrogen (secondary N) is 2. The number of aromatic amines is 1. The first-order chi connectivity index (χ1) is 9.35. The lowest BCUT2D eigenvalue weighted by atomic mass is 10.1. The lowest BCUT2D eigenvalue weighted by molar-refractivity contribution is 0.414. The number of likely N-dealkylation sites (N-methyl/N-ethyl adjacent to an activating group) is 1. The molecule has 1 aromatic carbocycles. The molecular formula is C16H25N3S. The highest BCUT2D eigenvalue weighted by molar-refractivity contribution is 8.25. The van der Waals surface area contributed by atoms with E-state index in [0.29, 0.717) is 0 Å². The van der Waals surface area contributed by atoms with E-state index < -0.39 is 9.39 Å². The number of fused-ring (bicyclic) bond motifs is 1. The van der Waals surface area contributed by atoms with Gasteiger partial charge in [-0.2, -0.15) is 9.39 Å². The fourth-order valence-corrected chi connectivity index (χ4v) is 2.66. The number of rotatable bonds is 6. The third-order valence-corrected chi connectivity index (χ3v) is 4.13. The molecular weight excluding hydrogens is 266 g/mol. The minimum Gasteiger partial charge on any atom is -0.361 e. The van der Waals surface area contributed by atoms with Crippen molar-refractivity contribution in [2.24, 2.45) is 0 Å². The van der Waals surface area contributed by atoms with Crippen LogP contribution in [0.25, 0.3) is 10.9 Å². The summed E-state index contributed by atoms with van der Waals surface area (Å²) in [5, 5.41) is 1.33. The summed E-state index contributed by atoms with van der Waals surface area (Å²) in [5.74, 6) is 8.11. The van der Waals surface area contributed by atoms with Crippen LogP contribution in [0, 0.1) is 0 Å². The van der Waals surface area contributed by atoms with Crippen LogP contribution in [0.2, 0.25) is 0 Å². The normalized spacial score (nSPS) is 12.4. The first-order valence-electron chi connectivity index (χ1n) is 6.78. The Kier molecular flexibility index (Phi) is 4.58. The maximum atomic E-state index is 4.05. The van der Waals surface area contributed by atoms with Crippen LogP contribution in [0.4, 0.5) is 0 Å². The zero-order valence-electron chi connectivity index (χ0n) is 12.7. The summed E-state index contributed by atoms with van der Waals surface area (Å²) in [4.78, 5) is 5.57. The van der Waals surface area contributed by atoms with Gasteiger partial charge in [0.25, 0.3) is 0 Å². The third-order valence-electron chi connectivity index (χ3n) is 3.28. The van der Waals surface area contributed by atoms with Gasteiger partial charge in [0.2, 0.25) is 0 Å². The van der Waals surface area contributed by atoms with Gasteiger partial charge in [-0.25, -0.2) is 0 Å². The van der Waals surface area contributed by atoms with E-state index in [4.69, 9.17) is 0 Å². The number of aromatic nitrogens is 1. The van der Waals surface area contributed by atoms with E-state index in [1.807, 2.05) is 0 Å². The van der Waals surface area contributed by atoms with Gasteiger partial charge in [0.1, 0.15) is 0 Å². The first kappa shape index (κ1) is 15.2. The number of nitrogens with zero attached hydrogens (tertiary/aromatic N) is 1. The van der Waals surface area contributed by atoms with Gasteiger partial charge >= 0.3 is 0 Å². The molecule has 2 aromatic rings. The number of H-pyrrole nitrogens is 1. The fraction of sp³-hybridized carbons (Fsp3) is 0.375. The molecule has 0 fully saturated rings. The van der Waals surface area contributed by atoms with Gasteiger partial charge in [-0.1, -0.05) is 17.8 Å². The molecule has 0 amide bonds. The fourth-order valence-electron chi connectivity index (χ4n) is 2.14. The molecule has 0 saturated carbocycles. The minimum atomic E-state index is -1.16. The van der Waals surface area contributed by atoms with Crippen molar-refractivity contribution in [3.63, 3.8) is 0 Å².